The fourth-order valence-electron chi connectivity index (χ4n) is 4.94. The summed E-state index contributed by atoms with van der Waals surface area (Å²) in [6, 6.07) is 16.5. The number of carbonyl (C=O) groups is 2. The van der Waals surface area contributed by atoms with E-state index < -0.39 is 12.1 Å². The van der Waals surface area contributed by atoms with Crippen LogP contribution in [0, 0.1) is 0 Å². The third-order valence-electron chi connectivity index (χ3n) is 6.64. The van der Waals surface area contributed by atoms with Gasteiger partial charge in [-0.2, -0.15) is 0 Å². The maximum absolute atomic E-state index is 12.9. The Labute approximate surface area is 204 Å². The number of ether oxygens (including phenoxy) is 3. The summed E-state index contributed by atoms with van der Waals surface area (Å²) in [4.78, 5) is 27.8. The summed E-state index contributed by atoms with van der Waals surface area (Å²) in [7, 11) is 2.04. The maximum Gasteiger partial charge on any atom is 0.339 e. The molecular formula is C26H21BrN2O5. The van der Waals surface area contributed by atoms with Crippen LogP contribution in [0.4, 0.5) is 5.69 Å². The van der Waals surface area contributed by atoms with Gasteiger partial charge in [-0.25, -0.2) is 4.79 Å². The molecule has 0 spiro atoms. The van der Waals surface area contributed by atoms with Crippen LogP contribution in [-0.4, -0.2) is 37.2 Å². The molecule has 8 heteroatoms. The topological polar surface area (TPSA) is 77.1 Å². The van der Waals surface area contributed by atoms with E-state index in [9.17, 15) is 9.59 Å². The van der Waals surface area contributed by atoms with Crippen molar-refractivity contribution < 1.29 is 23.8 Å². The molecule has 0 aromatic heterocycles. The van der Waals surface area contributed by atoms with Gasteiger partial charge in [0.05, 0.1) is 17.2 Å². The predicted octanol–water partition coefficient (Wildman–Crippen LogP) is 4.87. The summed E-state index contributed by atoms with van der Waals surface area (Å²) in [5.41, 5.74) is 4.59. The largest absolute Gasteiger partial charge is 0.454 e. The second-order valence-corrected chi connectivity index (χ2v) is 9.50. The molecule has 0 bridgehead atoms. The van der Waals surface area contributed by atoms with Crippen LogP contribution in [0.15, 0.2) is 59.1 Å². The Morgan fingerprint density at radius 3 is 2.68 bits per heavy atom. The summed E-state index contributed by atoms with van der Waals surface area (Å²) in [6.45, 7) is 1.05. The van der Waals surface area contributed by atoms with Crippen LogP contribution in [-0.2, 0) is 11.2 Å². The van der Waals surface area contributed by atoms with Crippen molar-refractivity contribution in [3.63, 3.8) is 0 Å². The van der Waals surface area contributed by atoms with E-state index >= 15 is 0 Å². The maximum atomic E-state index is 12.9. The number of halogens is 1. The molecule has 6 rings (SSSR count). The number of hydrogen-bond acceptors (Lipinski definition) is 6. The molecule has 34 heavy (non-hydrogen) atoms. The van der Waals surface area contributed by atoms with Gasteiger partial charge < -0.3 is 19.5 Å². The van der Waals surface area contributed by atoms with E-state index in [0.717, 1.165) is 29.8 Å². The summed E-state index contributed by atoms with van der Waals surface area (Å²) in [5.74, 6) is 0.829. The minimum Gasteiger partial charge on any atom is -0.454 e. The normalized spacial score (nSPS) is 20.5. The number of hydrogen-bond donors (Lipinski definition) is 1. The van der Waals surface area contributed by atoms with Gasteiger partial charge in [-0.05, 0) is 76.9 Å². The molecule has 0 saturated carbocycles. The Bertz CT molecular complexity index is 1340. The Morgan fingerprint density at radius 2 is 1.85 bits per heavy atom. The molecule has 3 aliphatic heterocycles. The first-order chi connectivity index (χ1) is 16.5. The number of carbonyl (C=O) groups excluding carboxylic acids is 2. The number of esters is 1. The van der Waals surface area contributed by atoms with Gasteiger partial charge in [0.2, 0.25) is 6.79 Å². The van der Waals surface area contributed by atoms with E-state index in [1.54, 1.807) is 18.2 Å². The Morgan fingerprint density at radius 1 is 1.06 bits per heavy atom. The lowest BCUT2D eigenvalue weighted by atomic mass is 9.86. The van der Waals surface area contributed by atoms with E-state index in [4.69, 9.17) is 14.2 Å². The highest BCUT2D eigenvalue weighted by atomic mass is 79.9. The van der Waals surface area contributed by atoms with E-state index in [1.165, 1.54) is 5.56 Å². The van der Waals surface area contributed by atoms with Gasteiger partial charge in [-0.15, -0.1) is 0 Å². The highest BCUT2D eigenvalue weighted by Crippen LogP contribution is 2.48. The third kappa shape index (κ3) is 3.45. The molecule has 2 unspecified atom stereocenters. The van der Waals surface area contributed by atoms with E-state index in [-0.39, 0.29) is 18.7 Å². The summed E-state index contributed by atoms with van der Waals surface area (Å²) < 4.78 is 17.8. The lowest BCUT2D eigenvalue weighted by molar-refractivity contribution is 0.00942. The van der Waals surface area contributed by atoms with Gasteiger partial charge in [-0.1, -0.05) is 18.2 Å². The molecule has 3 aromatic carbocycles. The molecule has 2 atom stereocenters. The molecule has 0 radical (unpaired) electrons. The van der Waals surface area contributed by atoms with Crippen molar-refractivity contribution in [1.29, 1.82) is 0 Å². The van der Waals surface area contributed by atoms with Crippen molar-refractivity contribution >= 4 is 33.5 Å². The number of likely N-dealkylation sites (N-methyl/N-ethyl adjacent to an activating group) is 1. The Kier molecular flexibility index (Phi) is 5.08. The predicted molar refractivity (Wildman–Crippen MR) is 128 cm³/mol. The lowest BCUT2D eigenvalue weighted by Crippen LogP contribution is -2.36. The SMILES string of the molecule is CN1CCc2cc3c(cc2C1C1OC(=O)c2cc(NC(=O)c4ccccc4Br)ccc21)OCO3. The smallest absolute Gasteiger partial charge is 0.339 e. The zero-order valence-electron chi connectivity index (χ0n) is 18.3. The van der Waals surface area contributed by atoms with Crippen molar-refractivity contribution in [3.8, 4) is 11.5 Å². The number of nitrogens with one attached hydrogen (secondary N) is 1. The van der Waals surface area contributed by atoms with Gasteiger partial charge in [-0.3, -0.25) is 9.69 Å². The minimum atomic E-state index is -0.458. The Balaban J connectivity index is 1.32. The van der Waals surface area contributed by atoms with Crippen molar-refractivity contribution in [2.45, 2.75) is 18.6 Å². The fourth-order valence-corrected chi connectivity index (χ4v) is 5.40. The van der Waals surface area contributed by atoms with E-state index in [2.05, 4.69) is 26.1 Å². The first kappa shape index (κ1) is 21.2. The number of rotatable bonds is 3. The van der Waals surface area contributed by atoms with Crippen LogP contribution in [0.5, 0.6) is 11.5 Å². The third-order valence-corrected chi connectivity index (χ3v) is 7.33. The van der Waals surface area contributed by atoms with Crippen molar-refractivity contribution in [3.05, 3.63) is 86.9 Å². The van der Waals surface area contributed by atoms with Crippen LogP contribution in [0.1, 0.15) is 49.6 Å². The van der Waals surface area contributed by atoms with Gasteiger partial charge in [0.1, 0.15) is 6.10 Å². The molecular weight excluding hydrogens is 500 g/mol. The molecule has 3 aromatic rings. The number of fused-ring (bicyclic) bond motifs is 3. The summed E-state index contributed by atoms with van der Waals surface area (Å²) in [6.07, 6.45) is 0.423. The van der Waals surface area contributed by atoms with Gasteiger partial charge in [0, 0.05) is 22.3 Å². The van der Waals surface area contributed by atoms with E-state index in [0.29, 0.717) is 27.0 Å². The van der Waals surface area contributed by atoms with Gasteiger partial charge in [0.25, 0.3) is 5.91 Å². The van der Waals surface area contributed by atoms with Crippen molar-refractivity contribution in [2.75, 3.05) is 25.7 Å². The number of nitrogens with zero attached hydrogens (tertiary/aromatic N) is 1. The van der Waals surface area contributed by atoms with E-state index in [1.807, 2.05) is 43.4 Å². The molecule has 172 valence electrons. The first-order valence-corrected chi connectivity index (χ1v) is 11.8. The molecule has 7 nitrogen and oxygen atoms in total. The monoisotopic (exact) mass is 520 g/mol. The molecule has 3 aliphatic rings. The molecule has 1 amide bonds. The number of benzene rings is 3. The average molecular weight is 521 g/mol. The number of amides is 1. The quantitative estimate of drug-likeness (QED) is 0.496. The fraction of sp³-hybridized carbons (Fsp3) is 0.231. The summed E-state index contributed by atoms with van der Waals surface area (Å²) >= 11 is 3.40. The van der Waals surface area contributed by atoms with Crippen LogP contribution in [0.3, 0.4) is 0 Å². The zero-order valence-corrected chi connectivity index (χ0v) is 19.9. The minimum absolute atomic E-state index is 0.149. The van der Waals surface area contributed by atoms with Crippen LogP contribution in [0.2, 0.25) is 0 Å². The molecule has 1 N–H and O–H groups in total. The molecule has 0 fully saturated rings. The molecule has 0 saturated heterocycles. The van der Waals surface area contributed by atoms with Gasteiger partial charge >= 0.3 is 5.97 Å². The second kappa shape index (κ2) is 8.14. The number of anilines is 1. The standard InChI is InChI=1S/C26H21BrN2O5/c1-29-9-8-14-10-21-22(33-13-32-21)12-18(14)23(29)24-16-7-6-15(11-19(16)26(31)34-24)28-25(30)17-4-2-3-5-20(17)27/h2-7,10-12,23-24H,8-9,13H2,1H3,(H,28,30). The highest BCUT2D eigenvalue weighted by Gasteiger charge is 2.42. The Hall–Kier alpha value is -3.36. The van der Waals surface area contributed by atoms with Crippen molar-refractivity contribution in [1.82, 2.24) is 4.90 Å². The van der Waals surface area contributed by atoms with Crippen LogP contribution in [0.25, 0.3) is 0 Å². The van der Waals surface area contributed by atoms with Gasteiger partial charge in [0.15, 0.2) is 11.5 Å². The highest BCUT2D eigenvalue weighted by molar-refractivity contribution is 9.10. The van der Waals surface area contributed by atoms with Crippen LogP contribution >= 0.6 is 15.9 Å². The first-order valence-electron chi connectivity index (χ1n) is 11.0. The second-order valence-electron chi connectivity index (χ2n) is 8.64. The average Bonchev–Trinajstić information content (AvgIpc) is 3.41. The number of cyclic esters (lactones) is 1. The van der Waals surface area contributed by atoms with Crippen LogP contribution < -0.4 is 14.8 Å². The zero-order chi connectivity index (χ0) is 23.4. The molecule has 0 aliphatic carbocycles. The van der Waals surface area contributed by atoms with Crippen molar-refractivity contribution in [2.24, 2.45) is 0 Å². The molecule has 3 heterocycles. The summed E-state index contributed by atoms with van der Waals surface area (Å²) in [5, 5.41) is 2.88. The lowest BCUT2D eigenvalue weighted by Gasteiger charge is -2.37.